The first-order valence-electron chi connectivity index (χ1n) is 9.80. The predicted molar refractivity (Wildman–Crippen MR) is 116 cm³/mol. The number of nitrogens with zero attached hydrogens (tertiary/aromatic N) is 2. The summed E-state index contributed by atoms with van der Waals surface area (Å²) >= 11 is 5.88. The summed E-state index contributed by atoms with van der Waals surface area (Å²) in [5.74, 6) is -0.303. The Morgan fingerprint density at radius 2 is 1.72 bits per heavy atom. The molecule has 0 spiro atoms. The van der Waals surface area contributed by atoms with Gasteiger partial charge in [-0.05, 0) is 48.9 Å². The number of likely N-dealkylation sites (N-methyl/N-ethyl adjacent to an activating group) is 1. The number of nitrogens with one attached hydrogen (secondary N) is 1. The lowest BCUT2D eigenvalue weighted by Crippen LogP contribution is -2.38. The van der Waals surface area contributed by atoms with Gasteiger partial charge in [-0.3, -0.25) is 9.59 Å². The van der Waals surface area contributed by atoms with Crippen molar-refractivity contribution in [3.63, 3.8) is 0 Å². The molecule has 0 aromatic heterocycles. The van der Waals surface area contributed by atoms with Crippen LogP contribution in [0.15, 0.2) is 48.5 Å². The average molecular weight is 416 g/mol. The van der Waals surface area contributed by atoms with E-state index in [0.717, 1.165) is 37.6 Å². The van der Waals surface area contributed by atoms with Crippen molar-refractivity contribution >= 4 is 34.8 Å². The van der Waals surface area contributed by atoms with E-state index in [9.17, 15) is 9.59 Å². The van der Waals surface area contributed by atoms with Crippen molar-refractivity contribution in [3.8, 4) is 0 Å². The van der Waals surface area contributed by atoms with Gasteiger partial charge in [0.25, 0.3) is 0 Å². The highest BCUT2D eigenvalue weighted by atomic mass is 35.5. The van der Waals surface area contributed by atoms with Crippen LogP contribution in [-0.4, -0.2) is 56.1 Å². The molecule has 0 radical (unpaired) electrons. The summed E-state index contributed by atoms with van der Waals surface area (Å²) < 4.78 is 5.37. The second-order valence-electron chi connectivity index (χ2n) is 6.91. The van der Waals surface area contributed by atoms with Crippen LogP contribution < -0.4 is 10.2 Å². The van der Waals surface area contributed by atoms with E-state index in [4.69, 9.17) is 16.3 Å². The van der Waals surface area contributed by atoms with Gasteiger partial charge in [0.05, 0.1) is 26.2 Å². The Bertz CT molecular complexity index is 818. The van der Waals surface area contributed by atoms with E-state index < -0.39 is 0 Å². The summed E-state index contributed by atoms with van der Waals surface area (Å²) in [7, 11) is 0. The summed E-state index contributed by atoms with van der Waals surface area (Å²) in [6.45, 7) is 5.55. The summed E-state index contributed by atoms with van der Waals surface area (Å²) in [5, 5.41) is 3.50. The maximum Gasteiger partial charge on any atom is 0.243 e. The number of morpholine rings is 1. The molecular formula is C22H26ClN3O3. The molecule has 154 valence electrons. The SMILES string of the molecule is CCN(CC(=O)Nc1ccc(N2CCOCC2)cc1)C(=O)Cc1ccc(Cl)cc1. The summed E-state index contributed by atoms with van der Waals surface area (Å²) in [6, 6.07) is 14.9. The lowest BCUT2D eigenvalue weighted by atomic mass is 10.1. The molecule has 0 bridgehead atoms. The van der Waals surface area contributed by atoms with Crippen molar-refractivity contribution in [2.24, 2.45) is 0 Å². The second kappa shape index (κ2) is 10.3. The smallest absolute Gasteiger partial charge is 0.243 e. The minimum absolute atomic E-state index is 0.0220. The highest BCUT2D eigenvalue weighted by molar-refractivity contribution is 6.30. The van der Waals surface area contributed by atoms with Crippen LogP contribution in [0.3, 0.4) is 0 Å². The summed E-state index contributed by atoms with van der Waals surface area (Å²) in [4.78, 5) is 28.8. The summed E-state index contributed by atoms with van der Waals surface area (Å²) in [5.41, 5.74) is 2.70. The maximum atomic E-state index is 12.5. The molecule has 3 rings (SSSR count). The molecule has 1 N–H and O–H groups in total. The van der Waals surface area contributed by atoms with E-state index in [2.05, 4.69) is 10.2 Å². The molecule has 1 fully saturated rings. The largest absolute Gasteiger partial charge is 0.378 e. The van der Waals surface area contributed by atoms with Gasteiger partial charge in [-0.1, -0.05) is 23.7 Å². The quantitative estimate of drug-likeness (QED) is 0.754. The highest BCUT2D eigenvalue weighted by Crippen LogP contribution is 2.19. The monoisotopic (exact) mass is 415 g/mol. The average Bonchev–Trinajstić information content (AvgIpc) is 2.74. The molecule has 1 heterocycles. The molecule has 1 aliphatic rings. The lowest BCUT2D eigenvalue weighted by molar-refractivity contribution is -0.133. The Morgan fingerprint density at radius 1 is 1.07 bits per heavy atom. The number of rotatable bonds is 7. The predicted octanol–water partition coefficient (Wildman–Crippen LogP) is 3.21. The Kier molecular flexibility index (Phi) is 7.49. The van der Waals surface area contributed by atoms with Crippen molar-refractivity contribution in [1.82, 2.24) is 4.90 Å². The zero-order valence-electron chi connectivity index (χ0n) is 16.6. The van der Waals surface area contributed by atoms with Gasteiger partial charge >= 0.3 is 0 Å². The third-order valence-corrected chi connectivity index (χ3v) is 5.12. The maximum absolute atomic E-state index is 12.5. The molecule has 0 aliphatic carbocycles. The van der Waals surface area contributed by atoms with Gasteiger partial charge < -0.3 is 19.9 Å². The van der Waals surface area contributed by atoms with E-state index in [1.807, 2.05) is 43.3 Å². The fourth-order valence-corrected chi connectivity index (χ4v) is 3.34. The van der Waals surface area contributed by atoms with Gasteiger partial charge in [-0.25, -0.2) is 0 Å². The van der Waals surface area contributed by atoms with Crippen molar-refractivity contribution in [3.05, 3.63) is 59.1 Å². The van der Waals surface area contributed by atoms with Crippen molar-refractivity contribution in [2.45, 2.75) is 13.3 Å². The minimum Gasteiger partial charge on any atom is -0.378 e. The van der Waals surface area contributed by atoms with Crippen molar-refractivity contribution in [1.29, 1.82) is 0 Å². The first kappa shape index (κ1) is 21.1. The number of amides is 2. The van der Waals surface area contributed by atoms with Crippen LogP contribution in [-0.2, 0) is 20.7 Å². The lowest BCUT2D eigenvalue weighted by Gasteiger charge is -2.29. The fourth-order valence-electron chi connectivity index (χ4n) is 3.22. The standard InChI is InChI=1S/C22H26ClN3O3/c1-2-25(22(28)15-17-3-5-18(23)6-4-17)16-21(27)24-19-7-9-20(10-8-19)26-11-13-29-14-12-26/h3-10H,2,11-16H2,1H3,(H,24,27). The Labute approximate surface area is 176 Å². The number of hydrogen-bond donors (Lipinski definition) is 1. The highest BCUT2D eigenvalue weighted by Gasteiger charge is 2.16. The third-order valence-electron chi connectivity index (χ3n) is 4.86. The van der Waals surface area contributed by atoms with Crippen LogP contribution in [0.25, 0.3) is 0 Å². The summed E-state index contributed by atoms with van der Waals surface area (Å²) in [6.07, 6.45) is 0.243. The molecule has 7 heteroatoms. The van der Waals surface area contributed by atoms with Crippen LogP contribution in [0, 0.1) is 0 Å². The van der Waals surface area contributed by atoms with Gasteiger partial charge in [0.1, 0.15) is 0 Å². The van der Waals surface area contributed by atoms with E-state index in [1.54, 1.807) is 17.0 Å². The molecule has 29 heavy (non-hydrogen) atoms. The molecule has 0 saturated carbocycles. The molecule has 2 aromatic rings. The Hall–Kier alpha value is -2.57. The van der Waals surface area contributed by atoms with Crippen molar-refractivity contribution in [2.75, 3.05) is 49.6 Å². The van der Waals surface area contributed by atoms with E-state index >= 15 is 0 Å². The van der Waals surface area contributed by atoms with Gasteiger partial charge in [-0.15, -0.1) is 0 Å². The minimum atomic E-state index is -0.213. The van der Waals surface area contributed by atoms with Crippen molar-refractivity contribution < 1.29 is 14.3 Å². The number of carbonyl (C=O) groups excluding carboxylic acids is 2. The molecule has 1 aliphatic heterocycles. The normalized spacial score (nSPS) is 13.8. The topological polar surface area (TPSA) is 61.9 Å². The van der Waals surface area contributed by atoms with E-state index in [-0.39, 0.29) is 24.8 Å². The fraction of sp³-hybridized carbons (Fsp3) is 0.364. The Balaban J connectivity index is 1.52. The van der Waals surface area contributed by atoms with Gasteiger partial charge in [0.15, 0.2) is 0 Å². The number of benzene rings is 2. The number of halogens is 1. The zero-order valence-corrected chi connectivity index (χ0v) is 17.3. The molecule has 0 atom stereocenters. The Morgan fingerprint density at radius 3 is 2.34 bits per heavy atom. The second-order valence-corrected chi connectivity index (χ2v) is 7.34. The van der Waals surface area contributed by atoms with Crippen LogP contribution in [0.4, 0.5) is 11.4 Å². The van der Waals surface area contributed by atoms with E-state index in [0.29, 0.717) is 17.3 Å². The van der Waals surface area contributed by atoms with Gasteiger partial charge in [0, 0.05) is 36.0 Å². The van der Waals surface area contributed by atoms with Crippen LogP contribution >= 0.6 is 11.6 Å². The van der Waals surface area contributed by atoms with Crippen LogP contribution in [0.2, 0.25) is 5.02 Å². The number of carbonyl (C=O) groups is 2. The van der Waals surface area contributed by atoms with Crippen LogP contribution in [0.5, 0.6) is 0 Å². The third kappa shape index (κ3) is 6.21. The molecule has 6 nitrogen and oxygen atoms in total. The first-order chi connectivity index (χ1) is 14.0. The number of hydrogen-bond acceptors (Lipinski definition) is 4. The van der Waals surface area contributed by atoms with Gasteiger partial charge in [0.2, 0.25) is 11.8 Å². The number of ether oxygens (including phenoxy) is 1. The number of anilines is 2. The molecule has 2 amide bonds. The molecule has 2 aromatic carbocycles. The molecule has 0 unspecified atom stereocenters. The van der Waals surface area contributed by atoms with Crippen LogP contribution in [0.1, 0.15) is 12.5 Å². The molecule has 1 saturated heterocycles. The van der Waals surface area contributed by atoms with Gasteiger partial charge in [-0.2, -0.15) is 0 Å². The van der Waals surface area contributed by atoms with E-state index in [1.165, 1.54) is 0 Å². The zero-order chi connectivity index (χ0) is 20.6. The first-order valence-corrected chi connectivity index (χ1v) is 10.2. The molecular weight excluding hydrogens is 390 g/mol.